The highest BCUT2D eigenvalue weighted by Crippen LogP contribution is 2.26. The highest BCUT2D eigenvalue weighted by molar-refractivity contribution is 5.81. The first kappa shape index (κ1) is 14.9. The summed E-state index contributed by atoms with van der Waals surface area (Å²) in [5.41, 5.74) is 2.66. The first-order chi connectivity index (χ1) is 10.8. The van der Waals surface area contributed by atoms with Gasteiger partial charge in [-0.2, -0.15) is 0 Å². The van der Waals surface area contributed by atoms with Crippen LogP contribution in [-0.2, 0) is 0 Å². The second kappa shape index (κ2) is 6.86. The molecule has 1 saturated carbocycles. The second-order valence-corrected chi connectivity index (χ2v) is 5.98. The molecule has 1 N–H and O–H groups in total. The van der Waals surface area contributed by atoms with E-state index in [1.54, 1.807) is 7.11 Å². The Labute approximate surface area is 132 Å². The van der Waals surface area contributed by atoms with E-state index in [0.29, 0.717) is 6.04 Å². The van der Waals surface area contributed by atoms with Gasteiger partial charge in [-0.15, -0.1) is 0 Å². The standard InChI is InChI=1S/C18H25N3O/c1-19-18(20-16-6-4-7-16)21-11-9-14(10-12-21)15-5-3-8-17(13-15)22-2/h3,5,8-9,13,16H,4,6-7,10-12H2,1-2H3,(H,19,20). The van der Waals surface area contributed by atoms with Crippen molar-refractivity contribution in [2.75, 3.05) is 27.2 Å². The van der Waals surface area contributed by atoms with Crippen LogP contribution >= 0.6 is 0 Å². The number of hydrogen-bond donors (Lipinski definition) is 1. The Bertz CT molecular complexity index is 575. The van der Waals surface area contributed by atoms with Crippen LogP contribution < -0.4 is 10.1 Å². The quantitative estimate of drug-likeness (QED) is 0.689. The lowest BCUT2D eigenvalue weighted by molar-refractivity contribution is 0.353. The molecule has 0 saturated heterocycles. The van der Waals surface area contributed by atoms with Crippen molar-refractivity contribution < 1.29 is 4.74 Å². The van der Waals surface area contributed by atoms with E-state index in [0.717, 1.165) is 31.2 Å². The zero-order valence-corrected chi connectivity index (χ0v) is 13.5. The van der Waals surface area contributed by atoms with Gasteiger partial charge < -0.3 is 15.0 Å². The lowest BCUT2D eigenvalue weighted by Gasteiger charge is -2.35. The third kappa shape index (κ3) is 3.26. The van der Waals surface area contributed by atoms with Gasteiger partial charge in [-0.05, 0) is 49.0 Å². The van der Waals surface area contributed by atoms with Crippen molar-refractivity contribution in [3.05, 3.63) is 35.9 Å². The fourth-order valence-electron chi connectivity index (χ4n) is 2.98. The zero-order chi connectivity index (χ0) is 15.4. The summed E-state index contributed by atoms with van der Waals surface area (Å²) in [4.78, 5) is 6.78. The molecule has 0 aromatic heterocycles. The molecule has 3 rings (SSSR count). The maximum Gasteiger partial charge on any atom is 0.194 e. The number of nitrogens with zero attached hydrogens (tertiary/aromatic N) is 2. The first-order valence-electron chi connectivity index (χ1n) is 8.12. The van der Waals surface area contributed by atoms with Crippen molar-refractivity contribution in [2.24, 2.45) is 4.99 Å². The Morgan fingerprint density at radius 2 is 2.23 bits per heavy atom. The number of aliphatic imine (C=N–C) groups is 1. The number of methoxy groups -OCH3 is 1. The summed E-state index contributed by atoms with van der Waals surface area (Å²) < 4.78 is 5.32. The molecule has 118 valence electrons. The van der Waals surface area contributed by atoms with E-state index in [1.807, 2.05) is 13.1 Å². The number of ether oxygens (including phenoxy) is 1. The molecule has 2 aliphatic rings. The molecule has 0 atom stereocenters. The van der Waals surface area contributed by atoms with Gasteiger partial charge in [-0.25, -0.2) is 0 Å². The van der Waals surface area contributed by atoms with Crippen LogP contribution in [0.1, 0.15) is 31.2 Å². The molecule has 1 heterocycles. The molecule has 1 aliphatic heterocycles. The normalized spacial score (nSPS) is 19.5. The highest BCUT2D eigenvalue weighted by Gasteiger charge is 2.22. The van der Waals surface area contributed by atoms with Crippen molar-refractivity contribution in [3.63, 3.8) is 0 Å². The lowest BCUT2D eigenvalue weighted by atomic mass is 9.93. The Morgan fingerprint density at radius 3 is 2.82 bits per heavy atom. The maximum atomic E-state index is 5.32. The molecule has 1 aromatic carbocycles. The summed E-state index contributed by atoms with van der Waals surface area (Å²) in [5, 5.41) is 3.57. The largest absolute Gasteiger partial charge is 0.497 e. The topological polar surface area (TPSA) is 36.9 Å². The van der Waals surface area contributed by atoms with Gasteiger partial charge in [0, 0.05) is 26.2 Å². The van der Waals surface area contributed by atoms with Crippen molar-refractivity contribution >= 4 is 11.5 Å². The summed E-state index contributed by atoms with van der Waals surface area (Å²) in [6, 6.07) is 8.94. The lowest BCUT2D eigenvalue weighted by Crippen LogP contribution is -2.49. The zero-order valence-electron chi connectivity index (χ0n) is 13.5. The number of hydrogen-bond acceptors (Lipinski definition) is 2. The molecular formula is C18H25N3O. The minimum absolute atomic E-state index is 0.627. The summed E-state index contributed by atoms with van der Waals surface area (Å²) in [7, 11) is 3.59. The Balaban J connectivity index is 1.65. The molecule has 1 aromatic rings. The predicted molar refractivity (Wildman–Crippen MR) is 91.3 cm³/mol. The molecule has 4 heteroatoms. The van der Waals surface area contributed by atoms with Crippen LogP contribution in [0.4, 0.5) is 0 Å². The third-order valence-electron chi connectivity index (χ3n) is 4.60. The number of nitrogens with one attached hydrogen (secondary N) is 1. The van der Waals surface area contributed by atoms with Gasteiger partial charge in [0.15, 0.2) is 5.96 Å². The van der Waals surface area contributed by atoms with Crippen LogP contribution in [0.5, 0.6) is 5.75 Å². The van der Waals surface area contributed by atoms with Gasteiger partial charge in [-0.1, -0.05) is 18.2 Å². The van der Waals surface area contributed by atoms with E-state index in [9.17, 15) is 0 Å². The van der Waals surface area contributed by atoms with E-state index in [4.69, 9.17) is 4.74 Å². The monoisotopic (exact) mass is 299 g/mol. The maximum absolute atomic E-state index is 5.32. The van der Waals surface area contributed by atoms with Crippen LogP contribution in [0.15, 0.2) is 35.3 Å². The molecule has 1 aliphatic carbocycles. The SMILES string of the molecule is CN=C(NC1CCC1)N1CC=C(c2cccc(OC)c2)CC1. The van der Waals surface area contributed by atoms with Gasteiger partial charge >= 0.3 is 0 Å². The number of rotatable bonds is 3. The first-order valence-corrected chi connectivity index (χ1v) is 8.12. The summed E-state index contributed by atoms with van der Waals surface area (Å²) >= 11 is 0. The Morgan fingerprint density at radius 1 is 1.36 bits per heavy atom. The summed E-state index contributed by atoms with van der Waals surface area (Å²) in [5.74, 6) is 1.97. The van der Waals surface area contributed by atoms with Crippen molar-refractivity contribution in [1.82, 2.24) is 10.2 Å². The molecular weight excluding hydrogens is 274 g/mol. The highest BCUT2D eigenvalue weighted by atomic mass is 16.5. The van der Waals surface area contributed by atoms with Crippen molar-refractivity contribution in [3.8, 4) is 5.75 Å². The smallest absolute Gasteiger partial charge is 0.194 e. The van der Waals surface area contributed by atoms with E-state index in [2.05, 4.69) is 39.5 Å². The Kier molecular flexibility index (Phi) is 4.66. The molecule has 1 fully saturated rings. The van der Waals surface area contributed by atoms with Gasteiger partial charge in [0.2, 0.25) is 0 Å². The van der Waals surface area contributed by atoms with E-state index >= 15 is 0 Å². The van der Waals surface area contributed by atoms with Gasteiger partial charge in [0.1, 0.15) is 5.75 Å². The fourth-order valence-corrected chi connectivity index (χ4v) is 2.98. The van der Waals surface area contributed by atoms with Gasteiger partial charge in [0.25, 0.3) is 0 Å². The Hall–Kier alpha value is -1.97. The molecule has 4 nitrogen and oxygen atoms in total. The summed E-state index contributed by atoms with van der Waals surface area (Å²) in [6.07, 6.45) is 7.24. The van der Waals surface area contributed by atoms with E-state index < -0.39 is 0 Å². The van der Waals surface area contributed by atoms with Crippen LogP contribution in [0, 0.1) is 0 Å². The second-order valence-electron chi connectivity index (χ2n) is 5.98. The molecule has 0 amide bonds. The number of guanidine groups is 1. The van der Waals surface area contributed by atoms with Crippen LogP contribution in [0.2, 0.25) is 0 Å². The molecule has 0 spiro atoms. The minimum atomic E-state index is 0.627. The van der Waals surface area contributed by atoms with E-state index in [-0.39, 0.29) is 0 Å². The minimum Gasteiger partial charge on any atom is -0.497 e. The average molecular weight is 299 g/mol. The van der Waals surface area contributed by atoms with Crippen molar-refractivity contribution in [2.45, 2.75) is 31.7 Å². The summed E-state index contributed by atoms with van der Waals surface area (Å²) in [6.45, 7) is 1.92. The van der Waals surface area contributed by atoms with Crippen LogP contribution in [0.25, 0.3) is 5.57 Å². The average Bonchev–Trinajstić information content (AvgIpc) is 2.54. The predicted octanol–water partition coefficient (Wildman–Crippen LogP) is 2.91. The van der Waals surface area contributed by atoms with E-state index in [1.165, 1.54) is 30.4 Å². The van der Waals surface area contributed by atoms with Crippen molar-refractivity contribution in [1.29, 1.82) is 0 Å². The van der Waals surface area contributed by atoms with Gasteiger partial charge in [0.05, 0.1) is 7.11 Å². The van der Waals surface area contributed by atoms with Gasteiger partial charge in [-0.3, -0.25) is 4.99 Å². The molecule has 22 heavy (non-hydrogen) atoms. The third-order valence-corrected chi connectivity index (χ3v) is 4.60. The van der Waals surface area contributed by atoms with Crippen LogP contribution in [0.3, 0.4) is 0 Å². The molecule has 0 bridgehead atoms. The molecule has 0 radical (unpaired) electrons. The van der Waals surface area contributed by atoms with Crippen LogP contribution in [-0.4, -0.2) is 44.1 Å². The number of benzene rings is 1. The molecule has 0 unspecified atom stereocenters. The fraction of sp³-hybridized carbons (Fsp3) is 0.500.